The second kappa shape index (κ2) is 6.41. The summed E-state index contributed by atoms with van der Waals surface area (Å²) in [6.45, 7) is 8.25. The molecular weight excluding hydrogens is 332 g/mol. The van der Waals surface area contributed by atoms with Crippen molar-refractivity contribution >= 4 is 26.7 Å². The zero-order valence-corrected chi connectivity index (χ0v) is 15.5. The summed E-state index contributed by atoms with van der Waals surface area (Å²) in [5, 5.41) is 1.05. The van der Waals surface area contributed by atoms with E-state index in [9.17, 15) is 8.42 Å². The molecule has 0 spiro atoms. The van der Waals surface area contributed by atoms with Gasteiger partial charge in [0.05, 0.1) is 10.4 Å². The lowest BCUT2D eigenvalue weighted by molar-refractivity contribution is 0.593. The number of anilines is 1. The first kappa shape index (κ1) is 17.3. The van der Waals surface area contributed by atoms with Gasteiger partial charge in [-0.05, 0) is 32.0 Å². The number of hydrogen-bond donors (Lipinski definition) is 0. The number of para-hydroxylation sites is 1. The first-order valence-corrected chi connectivity index (χ1v) is 9.56. The van der Waals surface area contributed by atoms with Crippen molar-refractivity contribution in [2.75, 3.05) is 11.4 Å². The van der Waals surface area contributed by atoms with E-state index in [1.165, 1.54) is 4.31 Å². The minimum absolute atomic E-state index is 0.287. The molecule has 4 nitrogen and oxygen atoms in total. The van der Waals surface area contributed by atoms with Gasteiger partial charge in [-0.1, -0.05) is 42.0 Å². The van der Waals surface area contributed by atoms with E-state index in [-0.39, 0.29) is 4.90 Å². The third-order valence-electron chi connectivity index (χ3n) is 4.48. The van der Waals surface area contributed by atoms with Crippen molar-refractivity contribution in [1.82, 2.24) is 4.57 Å². The van der Waals surface area contributed by atoms with Crippen LogP contribution in [0, 0.1) is 13.8 Å². The standard InChI is InChI=1S/C20H22N2O2S/c1-5-14-22-19-9-7-6-8-18(19)16(3)20(22)21(4)25(23,24)17-12-10-15(2)11-13-17/h5-13H,1,14H2,2-4H3. The van der Waals surface area contributed by atoms with Crippen LogP contribution in [0.25, 0.3) is 10.9 Å². The molecule has 0 aliphatic heterocycles. The molecule has 1 heterocycles. The van der Waals surface area contributed by atoms with Gasteiger partial charge in [0.2, 0.25) is 0 Å². The van der Waals surface area contributed by atoms with Gasteiger partial charge in [-0.3, -0.25) is 4.31 Å². The van der Waals surface area contributed by atoms with Crippen LogP contribution in [0.1, 0.15) is 11.1 Å². The number of hydrogen-bond acceptors (Lipinski definition) is 2. The normalized spacial score (nSPS) is 11.6. The molecule has 0 radical (unpaired) electrons. The summed E-state index contributed by atoms with van der Waals surface area (Å²) in [4.78, 5) is 0.287. The fraction of sp³-hybridized carbons (Fsp3) is 0.200. The number of nitrogens with zero attached hydrogens (tertiary/aromatic N) is 2. The maximum Gasteiger partial charge on any atom is 0.265 e. The molecule has 0 N–H and O–H groups in total. The Morgan fingerprint density at radius 1 is 1.08 bits per heavy atom. The van der Waals surface area contributed by atoms with E-state index in [0.29, 0.717) is 12.4 Å². The number of aryl methyl sites for hydroxylation is 2. The zero-order valence-electron chi connectivity index (χ0n) is 14.7. The summed E-state index contributed by atoms with van der Waals surface area (Å²) in [6, 6.07) is 14.9. The van der Waals surface area contributed by atoms with Crippen LogP contribution in [-0.2, 0) is 16.6 Å². The summed E-state index contributed by atoms with van der Waals surface area (Å²) >= 11 is 0. The van der Waals surface area contributed by atoms with Gasteiger partial charge in [0, 0.05) is 24.5 Å². The van der Waals surface area contributed by atoms with E-state index in [1.807, 2.05) is 54.8 Å². The second-order valence-electron chi connectivity index (χ2n) is 6.15. The quantitative estimate of drug-likeness (QED) is 0.642. The lowest BCUT2D eigenvalue weighted by Gasteiger charge is -2.22. The van der Waals surface area contributed by atoms with Crippen LogP contribution in [0.3, 0.4) is 0 Å². The first-order valence-electron chi connectivity index (χ1n) is 8.12. The van der Waals surface area contributed by atoms with Crippen molar-refractivity contribution in [3.63, 3.8) is 0 Å². The average molecular weight is 354 g/mol. The predicted octanol–water partition coefficient (Wildman–Crippen LogP) is 4.27. The van der Waals surface area contributed by atoms with Crippen LogP contribution in [0.15, 0.2) is 66.1 Å². The number of sulfonamides is 1. The molecule has 0 bridgehead atoms. The molecule has 0 atom stereocenters. The Bertz CT molecular complexity index is 1030. The first-order chi connectivity index (χ1) is 11.9. The summed E-state index contributed by atoms with van der Waals surface area (Å²) in [6.07, 6.45) is 1.78. The summed E-state index contributed by atoms with van der Waals surface area (Å²) in [7, 11) is -2.03. The van der Waals surface area contributed by atoms with E-state index in [1.54, 1.807) is 25.3 Å². The van der Waals surface area contributed by atoms with Crippen LogP contribution < -0.4 is 4.31 Å². The molecule has 5 heteroatoms. The Morgan fingerprint density at radius 3 is 2.36 bits per heavy atom. The number of rotatable bonds is 5. The van der Waals surface area contributed by atoms with Gasteiger partial charge in [0.15, 0.2) is 0 Å². The molecule has 130 valence electrons. The van der Waals surface area contributed by atoms with Gasteiger partial charge in [-0.15, -0.1) is 6.58 Å². The molecule has 25 heavy (non-hydrogen) atoms. The van der Waals surface area contributed by atoms with Gasteiger partial charge >= 0.3 is 0 Å². The van der Waals surface area contributed by atoms with E-state index >= 15 is 0 Å². The molecule has 0 saturated carbocycles. The fourth-order valence-corrected chi connectivity index (χ4v) is 4.42. The summed E-state index contributed by atoms with van der Waals surface area (Å²) < 4.78 is 29.6. The minimum atomic E-state index is -3.64. The Balaban J connectivity index is 2.21. The minimum Gasteiger partial charge on any atom is -0.323 e. The average Bonchev–Trinajstić information content (AvgIpc) is 2.88. The number of allylic oxidation sites excluding steroid dienone is 1. The number of benzene rings is 2. The molecule has 0 amide bonds. The van der Waals surface area contributed by atoms with Crippen LogP contribution in [-0.4, -0.2) is 20.0 Å². The lowest BCUT2D eigenvalue weighted by Crippen LogP contribution is -2.29. The van der Waals surface area contributed by atoms with Crippen molar-refractivity contribution in [1.29, 1.82) is 0 Å². The van der Waals surface area contributed by atoms with Crippen LogP contribution in [0.2, 0.25) is 0 Å². The Morgan fingerprint density at radius 2 is 1.72 bits per heavy atom. The monoisotopic (exact) mass is 354 g/mol. The highest BCUT2D eigenvalue weighted by atomic mass is 32.2. The second-order valence-corrected chi connectivity index (χ2v) is 8.12. The largest absolute Gasteiger partial charge is 0.323 e. The van der Waals surface area contributed by atoms with Gasteiger partial charge in [-0.25, -0.2) is 8.42 Å². The Kier molecular flexibility index (Phi) is 4.43. The molecule has 3 aromatic rings. The van der Waals surface area contributed by atoms with Gasteiger partial charge < -0.3 is 4.57 Å². The third kappa shape index (κ3) is 2.85. The molecule has 1 aromatic heterocycles. The maximum absolute atomic E-state index is 13.1. The fourth-order valence-electron chi connectivity index (χ4n) is 3.17. The maximum atomic E-state index is 13.1. The molecule has 0 aliphatic carbocycles. The van der Waals surface area contributed by atoms with Gasteiger partial charge in [0.1, 0.15) is 5.82 Å². The van der Waals surface area contributed by atoms with Gasteiger partial charge in [0.25, 0.3) is 10.0 Å². The van der Waals surface area contributed by atoms with Crippen molar-refractivity contribution in [3.8, 4) is 0 Å². The van der Waals surface area contributed by atoms with E-state index in [4.69, 9.17) is 0 Å². The van der Waals surface area contributed by atoms with Crippen LogP contribution in [0.4, 0.5) is 5.82 Å². The van der Waals surface area contributed by atoms with Crippen molar-refractivity contribution in [3.05, 3.63) is 72.3 Å². The molecule has 0 unspecified atom stereocenters. The highest BCUT2D eigenvalue weighted by molar-refractivity contribution is 7.92. The Labute approximate surface area is 149 Å². The van der Waals surface area contributed by atoms with E-state index in [0.717, 1.165) is 22.0 Å². The van der Waals surface area contributed by atoms with E-state index in [2.05, 4.69) is 6.58 Å². The smallest absolute Gasteiger partial charge is 0.265 e. The highest BCUT2D eigenvalue weighted by Gasteiger charge is 2.26. The summed E-state index contributed by atoms with van der Waals surface area (Å²) in [5.74, 6) is 0.668. The van der Waals surface area contributed by atoms with Crippen molar-refractivity contribution in [2.45, 2.75) is 25.3 Å². The molecule has 3 rings (SSSR count). The molecule has 0 saturated heterocycles. The van der Waals surface area contributed by atoms with Crippen LogP contribution in [0.5, 0.6) is 0 Å². The predicted molar refractivity (Wildman–Crippen MR) is 104 cm³/mol. The van der Waals surface area contributed by atoms with Crippen molar-refractivity contribution < 1.29 is 8.42 Å². The van der Waals surface area contributed by atoms with E-state index < -0.39 is 10.0 Å². The molecule has 2 aromatic carbocycles. The van der Waals surface area contributed by atoms with Crippen LogP contribution >= 0.6 is 0 Å². The lowest BCUT2D eigenvalue weighted by atomic mass is 10.2. The van der Waals surface area contributed by atoms with Gasteiger partial charge in [-0.2, -0.15) is 0 Å². The number of fused-ring (bicyclic) bond motifs is 1. The molecule has 0 aliphatic rings. The Hall–Kier alpha value is -2.53. The number of aromatic nitrogens is 1. The SMILES string of the molecule is C=CCn1c(N(C)S(=O)(=O)c2ccc(C)cc2)c(C)c2ccccc21. The van der Waals surface area contributed by atoms with Crippen molar-refractivity contribution in [2.24, 2.45) is 0 Å². The third-order valence-corrected chi connectivity index (χ3v) is 6.24. The summed E-state index contributed by atoms with van der Waals surface area (Å²) in [5.41, 5.74) is 2.97. The molecular formula is C20H22N2O2S. The zero-order chi connectivity index (χ0) is 18.2. The topological polar surface area (TPSA) is 42.3 Å². The molecule has 0 fully saturated rings. The highest BCUT2D eigenvalue weighted by Crippen LogP contribution is 2.34.